The van der Waals surface area contributed by atoms with Gasteiger partial charge in [-0.25, -0.2) is 4.79 Å². The van der Waals surface area contributed by atoms with Gasteiger partial charge < -0.3 is 8.17 Å². The van der Waals surface area contributed by atoms with E-state index >= 15 is 0 Å². The highest BCUT2D eigenvalue weighted by molar-refractivity contribution is 14.1. The molecule has 80 valence electrons. The van der Waals surface area contributed by atoms with Crippen molar-refractivity contribution in [3.8, 4) is 0 Å². The van der Waals surface area contributed by atoms with Crippen molar-refractivity contribution in [3.05, 3.63) is 48.0 Å². The highest BCUT2D eigenvalue weighted by atomic mass is 127. The molecule has 0 saturated heterocycles. The third-order valence-electron chi connectivity index (χ3n) is 2.17. The largest absolute Gasteiger partial charge is 0.392 e. The summed E-state index contributed by atoms with van der Waals surface area (Å²) in [6, 6.07) is 8.59. The number of aliphatic hydroxyl groups is 1. The Kier molecular flexibility index (Phi) is 3.87. The first-order valence-corrected chi connectivity index (χ1v) is 5.18. The minimum absolute atomic E-state index is 0.329. The average molecular weight is 318 g/mol. The van der Waals surface area contributed by atoms with Crippen molar-refractivity contribution in [2.24, 2.45) is 0 Å². The molecule has 1 aromatic rings. The minimum atomic E-state index is -1.76. The molecule has 0 heterocycles. The second-order valence-corrected chi connectivity index (χ2v) is 3.66. The van der Waals surface area contributed by atoms with Crippen LogP contribution in [0.3, 0.4) is 0 Å². The molecule has 1 atom stereocenters. The van der Waals surface area contributed by atoms with E-state index in [1.165, 1.54) is 23.0 Å². The molecule has 0 aliphatic heterocycles. The maximum Gasteiger partial charge on any atom is 0.356 e. The molecule has 4 heteroatoms. The van der Waals surface area contributed by atoms with Gasteiger partial charge in [0.05, 0.1) is 0 Å². The van der Waals surface area contributed by atoms with Crippen LogP contribution < -0.4 is 0 Å². The molecule has 0 aromatic heterocycles. The maximum atomic E-state index is 11.5. The van der Waals surface area contributed by atoms with E-state index in [2.05, 4.69) is 9.65 Å². The summed E-state index contributed by atoms with van der Waals surface area (Å²) in [6.45, 7) is 5.20. The Morgan fingerprint density at radius 1 is 1.47 bits per heavy atom. The Labute approximate surface area is 102 Å². The molecule has 0 fully saturated rings. The Hall–Kier alpha value is -0.880. The third kappa shape index (κ3) is 2.21. The molecule has 1 rings (SSSR count). The summed E-state index contributed by atoms with van der Waals surface area (Å²) >= 11 is 1.45. The minimum Gasteiger partial charge on any atom is -0.392 e. The summed E-state index contributed by atoms with van der Waals surface area (Å²) < 4.78 is 4.55. The van der Waals surface area contributed by atoms with Crippen LogP contribution in [-0.2, 0) is 13.5 Å². The van der Waals surface area contributed by atoms with Crippen LogP contribution in [0.2, 0.25) is 0 Å². The summed E-state index contributed by atoms with van der Waals surface area (Å²) in [4.78, 5) is 11.5. The predicted octanol–water partition coefficient (Wildman–Crippen LogP) is 2.34. The number of hydrogen-bond donors (Lipinski definition) is 1. The number of halogens is 1. The van der Waals surface area contributed by atoms with E-state index in [9.17, 15) is 9.90 Å². The Bertz CT molecular complexity index is 375. The van der Waals surface area contributed by atoms with E-state index in [-0.39, 0.29) is 0 Å². The lowest BCUT2D eigenvalue weighted by molar-refractivity contribution is -0.148. The number of carbonyl (C=O) groups excluding carboxylic acids is 1. The van der Waals surface area contributed by atoms with Crippen LogP contribution in [-0.4, -0.2) is 11.1 Å². The van der Waals surface area contributed by atoms with Crippen LogP contribution in [0.25, 0.3) is 0 Å². The standard InChI is InChI=1S/C11H11IO3/c1-8(2)11(14,10(13)15-12)9-6-4-3-5-7-9/h3-7,14H,1H2,2H3. The maximum absolute atomic E-state index is 11.5. The average Bonchev–Trinajstić information content (AvgIpc) is 2.27. The Morgan fingerprint density at radius 2 is 2.00 bits per heavy atom. The zero-order valence-electron chi connectivity index (χ0n) is 8.24. The van der Waals surface area contributed by atoms with Gasteiger partial charge in [0.1, 0.15) is 0 Å². The van der Waals surface area contributed by atoms with Crippen molar-refractivity contribution in [3.63, 3.8) is 0 Å². The lowest BCUT2D eigenvalue weighted by Crippen LogP contribution is -2.36. The highest BCUT2D eigenvalue weighted by Gasteiger charge is 2.40. The quantitative estimate of drug-likeness (QED) is 0.687. The van der Waals surface area contributed by atoms with Crippen LogP contribution in [0, 0.1) is 0 Å². The molecule has 0 spiro atoms. The number of rotatable bonds is 3. The SMILES string of the molecule is C=C(C)C(O)(C(=O)OI)c1ccccc1. The summed E-state index contributed by atoms with van der Waals surface area (Å²) in [6.07, 6.45) is 0. The van der Waals surface area contributed by atoms with E-state index in [1.54, 1.807) is 37.3 Å². The molecule has 0 bridgehead atoms. The van der Waals surface area contributed by atoms with Gasteiger partial charge in [0, 0.05) is 0 Å². The number of carbonyl (C=O) groups is 1. The van der Waals surface area contributed by atoms with Gasteiger partial charge in [-0.2, -0.15) is 0 Å². The lowest BCUT2D eigenvalue weighted by Gasteiger charge is -2.25. The van der Waals surface area contributed by atoms with E-state index in [0.717, 1.165) is 0 Å². The van der Waals surface area contributed by atoms with E-state index in [1.807, 2.05) is 0 Å². The summed E-state index contributed by atoms with van der Waals surface area (Å²) in [7, 11) is 0. The highest BCUT2D eigenvalue weighted by Crippen LogP contribution is 2.30. The van der Waals surface area contributed by atoms with E-state index in [4.69, 9.17) is 0 Å². The molecule has 1 N–H and O–H groups in total. The van der Waals surface area contributed by atoms with Crippen LogP contribution in [0.4, 0.5) is 0 Å². The molecule has 15 heavy (non-hydrogen) atoms. The van der Waals surface area contributed by atoms with Gasteiger partial charge >= 0.3 is 5.97 Å². The van der Waals surface area contributed by atoms with Gasteiger partial charge in [-0.05, 0) is 18.1 Å². The molecule has 0 aliphatic carbocycles. The van der Waals surface area contributed by atoms with Gasteiger partial charge in [-0.1, -0.05) is 36.9 Å². The van der Waals surface area contributed by atoms with Crippen molar-refractivity contribution in [2.45, 2.75) is 12.5 Å². The topological polar surface area (TPSA) is 46.5 Å². The fourth-order valence-electron chi connectivity index (χ4n) is 1.27. The van der Waals surface area contributed by atoms with Gasteiger partial charge in [0.25, 0.3) is 0 Å². The molecule has 0 saturated carbocycles. The van der Waals surface area contributed by atoms with Crippen LogP contribution in [0.1, 0.15) is 12.5 Å². The first-order valence-electron chi connectivity index (χ1n) is 4.30. The Morgan fingerprint density at radius 3 is 2.40 bits per heavy atom. The van der Waals surface area contributed by atoms with Crippen molar-refractivity contribution >= 4 is 29.0 Å². The first-order chi connectivity index (χ1) is 7.03. The van der Waals surface area contributed by atoms with E-state index in [0.29, 0.717) is 11.1 Å². The van der Waals surface area contributed by atoms with Gasteiger partial charge in [0.15, 0.2) is 23.0 Å². The molecular weight excluding hydrogens is 307 g/mol. The van der Waals surface area contributed by atoms with E-state index < -0.39 is 11.6 Å². The van der Waals surface area contributed by atoms with Crippen molar-refractivity contribution in [1.82, 2.24) is 0 Å². The predicted molar refractivity (Wildman–Crippen MR) is 65.3 cm³/mol. The lowest BCUT2D eigenvalue weighted by atomic mass is 9.88. The van der Waals surface area contributed by atoms with Gasteiger partial charge in [-0.15, -0.1) is 0 Å². The van der Waals surface area contributed by atoms with Gasteiger partial charge in [0.2, 0.25) is 5.60 Å². The zero-order valence-corrected chi connectivity index (χ0v) is 10.4. The second-order valence-electron chi connectivity index (χ2n) is 3.22. The molecular formula is C11H11IO3. The van der Waals surface area contributed by atoms with Crippen LogP contribution in [0.15, 0.2) is 42.5 Å². The van der Waals surface area contributed by atoms with Crippen LogP contribution >= 0.6 is 23.0 Å². The number of benzene rings is 1. The van der Waals surface area contributed by atoms with Crippen molar-refractivity contribution < 1.29 is 13.0 Å². The van der Waals surface area contributed by atoms with Gasteiger partial charge in [-0.3, -0.25) is 0 Å². The molecule has 0 radical (unpaired) electrons. The summed E-state index contributed by atoms with van der Waals surface area (Å²) in [5.41, 5.74) is -0.975. The van der Waals surface area contributed by atoms with Crippen molar-refractivity contribution in [2.75, 3.05) is 0 Å². The third-order valence-corrected chi connectivity index (χ3v) is 2.57. The molecule has 1 unspecified atom stereocenters. The molecule has 3 nitrogen and oxygen atoms in total. The Balaban J connectivity index is 3.25. The fraction of sp³-hybridized carbons (Fsp3) is 0.182. The summed E-state index contributed by atoms with van der Waals surface area (Å²) in [5, 5.41) is 10.2. The van der Waals surface area contributed by atoms with Crippen LogP contribution in [0.5, 0.6) is 0 Å². The van der Waals surface area contributed by atoms with Crippen molar-refractivity contribution in [1.29, 1.82) is 0 Å². The first kappa shape index (κ1) is 12.2. The fourth-order valence-corrected chi connectivity index (χ4v) is 1.59. The normalized spacial score (nSPS) is 14.1. The molecule has 0 aliphatic rings. The number of hydrogen-bond acceptors (Lipinski definition) is 3. The monoisotopic (exact) mass is 318 g/mol. The zero-order chi connectivity index (χ0) is 11.5. The molecule has 0 amide bonds. The summed E-state index contributed by atoms with van der Waals surface area (Å²) in [5.74, 6) is -0.734. The smallest absolute Gasteiger partial charge is 0.356 e. The molecule has 1 aromatic carbocycles. The second kappa shape index (κ2) is 4.76.